The van der Waals surface area contributed by atoms with E-state index >= 15 is 0 Å². The van der Waals surface area contributed by atoms with Crippen LogP contribution in [0.25, 0.3) is 11.3 Å². The molecular formula is C19H15N9O5. The second-order valence-electron chi connectivity index (χ2n) is 6.84. The van der Waals surface area contributed by atoms with E-state index in [2.05, 4.69) is 46.3 Å². The fraction of sp³-hybridized carbons (Fsp3) is 0.105. The quantitative estimate of drug-likeness (QED) is 0.214. The molecule has 0 bridgehead atoms. The highest BCUT2D eigenvalue weighted by atomic mass is 16.7. The lowest BCUT2D eigenvalue weighted by molar-refractivity contribution is -0.385. The molecule has 0 fully saturated rings. The number of aryl methyl sites for hydroxylation is 1. The first-order chi connectivity index (χ1) is 16.1. The van der Waals surface area contributed by atoms with Gasteiger partial charge in [0.1, 0.15) is 0 Å². The highest BCUT2D eigenvalue weighted by molar-refractivity contribution is 5.88. The number of nitro benzene ring substituents is 1. The first kappa shape index (κ1) is 19.9. The number of aromatic nitrogens is 4. The Kier molecular flexibility index (Phi) is 4.99. The predicted molar refractivity (Wildman–Crippen MR) is 116 cm³/mol. The summed E-state index contributed by atoms with van der Waals surface area (Å²) < 4.78 is 15.1. The first-order valence-corrected chi connectivity index (χ1v) is 9.53. The van der Waals surface area contributed by atoms with Crippen LogP contribution >= 0.6 is 0 Å². The fourth-order valence-electron chi connectivity index (χ4n) is 2.94. The Bertz CT molecular complexity index is 1370. The van der Waals surface area contributed by atoms with E-state index in [1.54, 1.807) is 0 Å². The molecule has 3 heterocycles. The van der Waals surface area contributed by atoms with Crippen LogP contribution in [0.2, 0.25) is 0 Å². The Morgan fingerprint density at radius 1 is 1.03 bits per heavy atom. The van der Waals surface area contributed by atoms with Crippen LogP contribution in [0.1, 0.15) is 11.1 Å². The van der Waals surface area contributed by atoms with E-state index in [0.717, 1.165) is 11.3 Å². The molecule has 3 N–H and O–H groups in total. The van der Waals surface area contributed by atoms with Crippen LogP contribution in [0.5, 0.6) is 11.5 Å². The van der Waals surface area contributed by atoms with Gasteiger partial charge < -0.3 is 9.47 Å². The molecule has 1 aliphatic heterocycles. The molecule has 2 aromatic heterocycles. The minimum Gasteiger partial charge on any atom is -0.454 e. The van der Waals surface area contributed by atoms with Crippen molar-refractivity contribution in [1.29, 1.82) is 0 Å². The molecule has 0 saturated carbocycles. The topological polar surface area (TPSA) is 175 Å². The van der Waals surface area contributed by atoms with Gasteiger partial charge >= 0.3 is 0 Å². The van der Waals surface area contributed by atoms with Crippen molar-refractivity contribution in [1.82, 2.24) is 20.3 Å². The van der Waals surface area contributed by atoms with E-state index in [1.165, 1.54) is 18.3 Å². The fourth-order valence-corrected chi connectivity index (χ4v) is 2.94. The summed E-state index contributed by atoms with van der Waals surface area (Å²) in [6, 6.07) is 10.4. The molecule has 0 unspecified atom stereocenters. The molecule has 0 atom stereocenters. The lowest BCUT2D eigenvalue weighted by atomic mass is 10.1. The zero-order valence-electron chi connectivity index (χ0n) is 17.0. The third kappa shape index (κ3) is 4.12. The molecule has 14 nitrogen and oxygen atoms in total. The van der Waals surface area contributed by atoms with Crippen LogP contribution in [-0.4, -0.2) is 38.2 Å². The number of fused-ring (bicyclic) bond motifs is 2. The number of nitrogens with one attached hydrogen (secondary N) is 3. The maximum absolute atomic E-state index is 11.4. The van der Waals surface area contributed by atoms with Gasteiger partial charge in [0.05, 0.1) is 28.5 Å². The number of hydrazine groups is 1. The molecule has 1 aliphatic rings. The number of rotatable bonds is 7. The van der Waals surface area contributed by atoms with E-state index in [0.29, 0.717) is 11.5 Å². The normalized spacial score (nSPS) is 12.3. The van der Waals surface area contributed by atoms with Gasteiger partial charge in [-0.2, -0.15) is 15.1 Å². The van der Waals surface area contributed by atoms with E-state index < -0.39 is 4.92 Å². The molecule has 4 aromatic rings. The third-order valence-electron chi connectivity index (χ3n) is 4.58. The van der Waals surface area contributed by atoms with E-state index in [9.17, 15) is 10.1 Å². The van der Waals surface area contributed by atoms with Gasteiger partial charge in [-0.1, -0.05) is 17.7 Å². The number of ether oxygens (including phenoxy) is 2. The Balaban J connectivity index is 1.40. The van der Waals surface area contributed by atoms with Gasteiger partial charge in [0.2, 0.25) is 18.1 Å². The third-order valence-corrected chi connectivity index (χ3v) is 4.58. The SMILES string of the molecule is Cc1ccc(NNc2nc3nonc3nc2N/N=C/c2cc3c(cc2[N+](=O)[O-])OCO3)cc1. The monoisotopic (exact) mass is 449 g/mol. The number of hydrogen-bond acceptors (Lipinski definition) is 13. The maximum Gasteiger partial charge on any atom is 0.282 e. The summed E-state index contributed by atoms with van der Waals surface area (Å²) in [4.78, 5) is 19.5. The van der Waals surface area contributed by atoms with Crippen LogP contribution < -0.4 is 25.8 Å². The smallest absolute Gasteiger partial charge is 0.282 e. The predicted octanol–water partition coefficient (Wildman–Crippen LogP) is 2.84. The van der Waals surface area contributed by atoms with Gasteiger partial charge in [-0.05, 0) is 35.4 Å². The molecule has 0 radical (unpaired) electrons. The summed E-state index contributed by atoms with van der Waals surface area (Å²) >= 11 is 0. The molecule has 33 heavy (non-hydrogen) atoms. The first-order valence-electron chi connectivity index (χ1n) is 9.53. The standard InChI is InChI=1S/C19H15N9O5/c1-10-2-4-12(5-3-10)23-25-17-16(21-18-19(22-17)27-33-26-18)24-20-8-11-6-14-15(32-9-31-14)7-13(11)28(29)30/h2-8,23H,9H2,1H3,(H,21,24,26)(H,22,25,27)/b20-8+. The number of nitro groups is 1. The number of nitrogens with zero attached hydrogens (tertiary/aromatic N) is 6. The lowest BCUT2D eigenvalue weighted by Gasteiger charge is -2.11. The Morgan fingerprint density at radius 2 is 1.73 bits per heavy atom. The average molecular weight is 449 g/mol. The molecule has 0 aliphatic carbocycles. The van der Waals surface area contributed by atoms with Gasteiger partial charge in [0, 0.05) is 0 Å². The van der Waals surface area contributed by atoms with E-state index in [-0.39, 0.29) is 41.0 Å². The summed E-state index contributed by atoms with van der Waals surface area (Å²) in [5.74, 6) is 1.12. The summed E-state index contributed by atoms with van der Waals surface area (Å²) in [5.41, 5.74) is 10.9. The van der Waals surface area contributed by atoms with Crippen molar-refractivity contribution < 1.29 is 19.0 Å². The summed E-state index contributed by atoms with van der Waals surface area (Å²) in [6.45, 7) is 1.98. The molecule has 14 heteroatoms. The van der Waals surface area contributed by atoms with Crippen molar-refractivity contribution in [2.75, 3.05) is 23.1 Å². The molecule has 2 aromatic carbocycles. The minimum absolute atomic E-state index is 0.00428. The molecule has 5 rings (SSSR count). The second-order valence-corrected chi connectivity index (χ2v) is 6.84. The number of hydrogen-bond donors (Lipinski definition) is 3. The van der Waals surface area contributed by atoms with Crippen LogP contribution in [0.15, 0.2) is 46.1 Å². The van der Waals surface area contributed by atoms with Crippen molar-refractivity contribution in [2.45, 2.75) is 6.92 Å². The minimum atomic E-state index is -0.533. The Hall–Kier alpha value is -5.01. The average Bonchev–Trinajstić information content (AvgIpc) is 3.46. The van der Waals surface area contributed by atoms with Crippen molar-refractivity contribution in [3.63, 3.8) is 0 Å². The highest BCUT2D eigenvalue weighted by Crippen LogP contribution is 2.37. The number of benzene rings is 2. The largest absolute Gasteiger partial charge is 0.454 e. The molecule has 0 amide bonds. The summed E-state index contributed by atoms with van der Waals surface area (Å²) in [6.07, 6.45) is 1.27. The molecule has 0 spiro atoms. The van der Waals surface area contributed by atoms with Crippen LogP contribution in [0, 0.1) is 17.0 Å². The van der Waals surface area contributed by atoms with Crippen molar-refractivity contribution in [3.8, 4) is 11.5 Å². The lowest BCUT2D eigenvalue weighted by Crippen LogP contribution is -2.13. The highest BCUT2D eigenvalue weighted by Gasteiger charge is 2.22. The zero-order valence-corrected chi connectivity index (χ0v) is 17.0. The van der Waals surface area contributed by atoms with E-state index in [4.69, 9.17) is 9.47 Å². The number of hydrazone groups is 1. The van der Waals surface area contributed by atoms with Crippen molar-refractivity contribution in [2.24, 2.45) is 5.10 Å². The number of anilines is 3. The molecule has 166 valence electrons. The Labute approximate surface area is 184 Å². The van der Waals surface area contributed by atoms with Gasteiger partial charge in [-0.15, -0.1) is 0 Å². The van der Waals surface area contributed by atoms with Gasteiger partial charge in [-0.25, -0.2) is 4.63 Å². The second kappa shape index (κ2) is 8.26. The van der Waals surface area contributed by atoms with Crippen molar-refractivity contribution >= 4 is 40.5 Å². The van der Waals surface area contributed by atoms with Crippen LogP contribution in [-0.2, 0) is 0 Å². The molecule has 0 saturated heterocycles. The van der Waals surface area contributed by atoms with Crippen LogP contribution in [0.4, 0.5) is 23.0 Å². The zero-order chi connectivity index (χ0) is 22.8. The summed E-state index contributed by atoms with van der Waals surface area (Å²) in [5, 5.41) is 22.9. The van der Waals surface area contributed by atoms with Crippen LogP contribution in [0.3, 0.4) is 0 Å². The summed E-state index contributed by atoms with van der Waals surface area (Å²) in [7, 11) is 0. The maximum atomic E-state index is 11.4. The Morgan fingerprint density at radius 3 is 2.45 bits per heavy atom. The molecular weight excluding hydrogens is 434 g/mol. The van der Waals surface area contributed by atoms with Crippen molar-refractivity contribution in [3.05, 3.63) is 57.6 Å². The van der Waals surface area contributed by atoms with E-state index in [1.807, 2.05) is 31.2 Å². The van der Waals surface area contributed by atoms with Gasteiger partial charge in [-0.3, -0.25) is 26.4 Å². The van der Waals surface area contributed by atoms with Gasteiger partial charge in [0.25, 0.3) is 5.69 Å². The van der Waals surface area contributed by atoms with Gasteiger partial charge in [0.15, 0.2) is 23.1 Å².